The van der Waals surface area contributed by atoms with Gasteiger partial charge in [0.25, 0.3) is 0 Å². The second-order valence-corrected chi connectivity index (χ2v) is 7.08. The number of nitrogens with one attached hydrogen (secondary N) is 1. The first-order valence-electron chi connectivity index (χ1n) is 9.54. The van der Waals surface area contributed by atoms with Crippen LogP contribution < -0.4 is 0 Å². The van der Waals surface area contributed by atoms with Gasteiger partial charge in [-0.1, -0.05) is 43.5 Å². The van der Waals surface area contributed by atoms with E-state index in [-0.39, 0.29) is 27.9 Å². The number of rotatable bonds is 5. The summed E-state index contributed by atoms with van der Waals surface area (Å²) in [6, 6.07) is 11.9. The van der Waals surface area contributed by atoms with E-state index in [0.29, 0.717) is 31.9 Å². The van der Waals surface area contributed by atoms with E-state index in [2.05, 4.69) is 28.0 Å². The molecule has 3 heterocycles. The van der Waals surface area contributed by atoms with Gasteiger partial charge >= 0.3 is 0 Å². The first-order chi connectivity index (χ1) is 14.5. The highest BCUT2D eigenvalue weighted by atomic mass is 19.1. The van der Waals surface area contributed by atoms with E-state index in [0.717, 1.165) is 17.5 Å². The zero-order valence-electron chi connectivity index (χ0n) is 16.4. The molecule has 3 aromatic rings. The number of hydrogen-bond acceptors (Lipinski definition) is 5. The third kappa shape index (κ3) is 3.33. The van der Waals surface area contributed by atoms with Gasteiger partial charge in [0.2, 0.25) is 5.78 Å². The minimum atomic E-state index is -0.648. The van der Waals surface area contributed by atoms with E-state index in [1.165, 1.54) is 6.20 Å². The number of nitrogens with zero attached hydrogens (tertiary/aromatic N) is 4. The molecule has 0 aliphatic carbocycles. The molecule has 0 bridgehead atoms. The summed E-state index contributed by atoms with van der Waals surface area (Å²) in [6.45, 7) is 10.8. The predicted molar refractivity (Wildman–Crippen MR) is 113 cm³/mol. The largest absolute Gasteiger partial charge is 0.368 e. The standard InChI is InChI=1S/C23H20FN5O/c1-15(17-6-4-3-5-7-17)28-8-10-29(11-9-28)16(2)23(30)18-13-27-22-20(12-25)26-14-19(24)21(18)22/h3-7,13-14,27H,1-2,8-11H2. The van der Waals surface area contributed by atoms with Crippen molar-refractivity contribution in [1.29, 1.82) is 5.26 Å². The Morgan fingerprint density at radius 2 is 1.80 bits per heavy atom. The number of ketones is 1. The van der Waals surface area contributed by atoms with Crippen LogP contribution in [0, 0.1) is 17.1 Å². The average Bonchev–Trinajstić information content (AvgIpc) is 3.25. The van der Waals surface area contributed by atoms with Crippen LogP contribution in [0.1, 0.15) is 21.6 Å². The Kier molecular flexibility index (Phi) is 5.07. The topological polar surface area (TPSA) is 76.0 Å². The number of fused-ring (bicyclic) bond motifs is 1. The number of benzene rings is 1. The normalized spacial score (nSPS) is 13.9. The number of aromatic nitrogens is 2. The van der Waals surface area contributed by atoms with Crippen LogP contribution in [-0.2, 0) is 0 Å². The number of piperazine rings is 1. The highest BCUT2D eigenvalue weighted by Gasteiger charge is 2.26. The average molecular weight is 401 g/mol. The second-order valence-electron chi connectivity index (χ2n) is 7.08. The molecule has 0 unspecified atom stereocenters. The monoisotopic (exact) mass is 401 g/mol. The zero-order valence-corrected chi connectivity index (χ0v) is 16.4. The van der Waals surface area contributed by atoms with Crippen molar-refractivity contribution in [3.8, 4) is 6.07 Å². The van der Waals surface area contributed by atoms with E-state index in [9.17, 15) is 9.18 Å². The van der Waals surface area contributed by atoms with Gasteiger partial charge in [-0.3, -0.25) is 4.79 Å². The van der Waals surface area contributed by atoms with Gasteiger partial charge in [-0.25, -0.2) is 9.37 Å². The number of carbonyl (C=O) groups is 1. The van der Waals surface area contributed by atoms with Crippen molar-refractivity contribution in [1.82, 2.24) is 19.8 Å². The quantitative estimate of drug-likeness (QED) is 0.523. The molecule has 30 heavy (non-hydrogen) atoms. The summed E-state index contributed by atoms with van der Waals surface area (Å²) in [6.07, 6.45) is 2.37. The Bertz CT molecular complexity index is 1180. The Morgan fingerprint density at radius 3 is 2.47 bits per heavy atom. The van der Waals surface area contributed by atoms with Crippen LogP contribution in [0.4, 0.5) is 4.39 Å². The number of Topliss-reactive ketones (excluding diaryl/α,β-unsaturated/α-hetero) is 1. The number of carbonyl (C=O) groups excluding carboxylic acids is 1. The number of nitriles is 1. The molecule has 2 aromatic heterocycles. The molecule has 4 rings (SSSR count). The van der Waals surface area contributed by atoms with Crippen molar-refractivity contribution in [2.45, 2.75) is 0 Å². The number of halogens is 1. The van der Waals surface area contributed by atoms with E-state index in [1.807, 2.05) is 41.3 Å². The fraction of sp³-hybridized carbons (Fsp3) is 0.174. The maximum Gasteiger partial charge on any atom is 0.210 e. The summed E-state index contributed by atoms with van der Waals surface area (Å²) in [5.74, 6) is -1.02. The first kappa shape index (κ1) is 19.4. The Morgan fingerprint density at radius 1 is 1.13 bits per heavy atom. The van der Waals surface area contributed by atoms with E-state index >= 15 is 0 Å². The van der Waals surface area contributed by atoms with Gasteiger partial charge in [-0.2, -0.15) is 5.26 Å². The maximum absolute atomic E-state index is 14.4. The van der Waals surface area contributed by atoms with Gasteiger partial charge in [0.1, 0.15) is 6.07 Å². The lowest BCUT2D eigenvalue weighted by Gasteiger charge is -2.38. The number of allylic oxidation sites excluding steroid dienone is 1. The van der Waals surface area contributed by atoms with Crippen LogP contribution in [0.25, 0.3) is 16.6 Å². The van der Waals surface area contributed by atoms with Crippen LogP contribution in [0.5, 0.6) is 0 Å². The highest BCUT2D eigenvalue weighted by Crippen LogP contribution is 2.27. The van der Waals surface area contributed by atoms with Crippen molar-refractivity contribution in [2.24, 2.45) is 0 Å². The van der Waals surface area contributed by atoms with Crippen molar-refractivity contribution >= 4 is 22.4 Å². The van der Waals surface area contributed by atoms with Gasteiger partial charge in [0.05, 0.1) is 28.4 Å². The smallest absolute Gasteiger partial charge is 0.210 e. The summed E-state index contributed by atoms with van der Waals surface area (Å²) < 4.78 is 14.4. The van der Waals surface area contributed by atoms with Crippen molar-refractivity contribution < 1.29 is 9.18 Å². The molecule has 0 amide bonds. The SMILES string of the molecule is C=C(C(=O)c1c[nH]c2c(C#N)ncc(F)c12)N1CCN(C(=C)c2ccccc2)CC1. The van der Waals surface area contributed by atoms with E-state index in [1.54, 1.807) is 0 Å². The van der Waals surface area contributed by atoms with Crippen LogP contribution in [0.15, 0.2) is 61.6 Å². The first-order valence-corrected chi connectivity index (χ1v) is 9.54. The summed E-state index contributed by atoms with van der Waals surface area (Å²) in [4.78, 5) is 23.7. The minimum Gasteiger partial charge on any atom is -0.368 e. The number of aromatic amines is 1. The molecule has 6 nitrogen and oxygen atoms in total. The van der Waals surface area contributed by atoms with Crippen LogP contribution >= 0.6 is 0 Å². The summed E-state index contributed by atoms with van der Waals surface area (Å²) in [7, 11) is 0. The van der Waals surface area contributed by atoms with Gasteiger partial charge in [0.15, 0.2) is 11.5 Å². The minimum absolute atomic E-state index is 0.0455. The molecular formula is C23H20FN5O. The molecule has 1 N–H and O–H groups in total. The number of pyridine rings is 1. The molecule has 1 aromatic carbocycles. The van der Waals surface area contributed by atoms with Gasteiger partial charge < -0.3 is 14.8 Å². The molecule has 0 spiro atoms. The number of H-pyrrole nitrogens is 1. The third-order valence-corrected chi connectivity index (χ3v) is 5.43. The molecule has 7 heteroatoms. The molecule has 1 fully saturated rings. The van der Waals surface area contributed by atoms with Crippen LogP contribution in [0.2, 0.25) is 0 Å². The van der Waals surface area contributed by atoms with E-state index in [4.69, 9.17) is 5.26 Å². The predicted octanol–water partition coefficient (Wildman–Crippen LogP) is 3.56. The molecule has 0 saturated carbocycles. The van der Waals surface area contributed by atoms with Crippen molar-refractivity contribution in [2.75, 3.05) is 26.2 Å². The zero-order chi connectivity index (χ0) is 21.3. The van der Waals surface area contributed by atoms with E-state index < -0.39 is 5.82 Å². The Balaban J connectivity index is 1.49. The van der Waals surface area contributed by atoms with Crippen molar-refractivity contribution in [3.05, 3.63) is 84.2 Å². The van der Waals surface area contributed by atoms with Gasteiger partial charge in [0, 0.05) is 38.1 Å². The molecular weight excluding hydrogens is 381 g/mol. The lowest BCUT2D eigenvalue weighted by molar-refractivity contribution is 0.0974. The summed E-state index contributed by atoms with van der Waals surface area (Å²) in [5.41, 5.74) is 2.74. The molecule has 150 valence electrons. The fourth-order valence-electron chi connectivity index (χ4n) is 3.73. The Labute approximate surface area is 173 Å². The molecule has 0 atom stereocenters. The van der Waals surface area contributed by atoms with Gasteiger partial charge in [-0.15, -0.1) is 0 Å². The number of hydrogen-bond donors (Lipinski definition) is 1. The van der Waals surface area contributed by atoms with Crippen LogP contribution in [-0.4, -0.2) is 51.7 Å². The van der Waals surface area contributed by atoms with Crippen LogP contribution in [0.3, 0.4) is 0 Å². The van der Waals surface area contributed by atoms with Crippen molar-refractivity contribution in [3.63, 3.8) is 0 Å². The fourth-order valence-corrected chi connectivity index (χ4v) is 3.73. The molecule has 1 saturated heterocycles. The molecule has 1 aliphatic rings. The maximum atomic E-state index is 14.4. The van der Waals surface area contributed by atoms with Gasteiger partial charge in [-0.05, 0) is 5.56 Å². The molecule has 1 aliphatic heterocycles. The summed E-state index contributed by atoms with van der Waals surface area (Å²) >= 11 is 0. The Hall–Kier alpha value is -3.92. The second kappa shape index (κ2) is 7.84. The summed E-state index contributed by atoms with van der Waals surface area (Å²) in [5, 5.41) is 9.23. The third-order valence-electron chi connectivity index (χ3n) is 5.43. The highest BCUT2D eigenvalue weighted by molar-refractivity contribution is 6.16. The lowest BCUT2D eigenvalue weighted by Crippen LogP contribution is -2.45. The lowest BCUT2D eigenvalue weighted by atomic mass is 10.1. The molecule has 0 radical (unpaired) electrons.